The first-order valence-corrected chi connectivity index (χ1v) is 6.72. The van der Waals surface area contributed by atoms with Crippen molar-refractivity contribution in [3.63, 3.8) is 0 Å². The highest BCUT2D eigenvalue weighted by atomic mass is 35.5. The molecule has 1 aliphatic heterocycles. The number of aromatic nitrogens is 1. The molecule has 3 rings (SSSR count). The Bertz CT molecular complexity index is 590. The van der Waals surface area contributed by atoms with E-state index in [9.17, 15) is 4.39 Å². The van der Waals surface area contributed by atoms with E-state index in [-0.39, 0.29) is 18.2 Å². The average Bonchev–Trinajstić information content (AvgIpc) is 2.90. The molecule has 108 valence electrons. The summed E-state index contributed by atoms with van der Waals surface area (Å²) in [5, 5.41) is 0.606. The highest BCUT2D eigenvalue weighted by molar-refractivity contribution is 5.85. The fourth-order valence-corrected chi connectivity index (χ4v) is 2.81. The monoisotopic (exact) mass is 295 g/mol. The molecule has 1 saturated heterocycles. The maximum absolute atomic E-state index is 13.7. The summed E-state index contributed by atoms with van der Waals surface area (Å²) in [5.41, 5.74) is 7.58. The van der Waals surface area contributed by atoms with Crippen molar-refractivity contribution in [3.05, 3.63) is 41.8 Å². The van der Waals surface area contributed by atoms with E-state index in [0.29, 0.717) is 11.3 Å². The number of benzene rings is 1. The van der Waals surface area contributed by atoms with Gasteiger partial charge in [-0.2, -0.15) is 0 Å². The molecule has 0 amide bonds. The smallest absolute Gasteiger partial charge is 0.132 e. The van der Waals surface area contributed by atoms with Gasteiger partial charge in [0.1, 0.15) is 5.82 Å². The number of hydrogen-bond acceptors (Lipinski definition) is 3. The molecule has 0 saturated carbocycles. The standard InChI is InChI=1S/C15H18FN3.ClH/c16-14-4-3-12(15-13(14)2-1-6-18-15)10-19-7-5-11(8-17)9-19;/h1-4,6,11H,5,7-10,17H2;1H. The molecule has 2 aromatic rings. The van der Waals surface area contributed by atoms with Gasteiger partial charge in [0, 0.05) is 24.7 Å². The molecule has 0 aliphatic carbocycles. The van der Waals surface area contributed by atoms with Gasteiger partial charge in [-0.25, -0.2) is 4.39 Å². The lowest BCUT2D eigenvalue weighted by Gasteiger charge is -2.16. The third-order valence-electron chi connectivity index (χ3n) is 3.90. The Morgan fingerprint density at radius 2 is 2.20 bits per heavy atom. The zero-order chi connectivity index (χ0) is 13.2. The number of hydrogen-bond donors (Lipinski definition) is 1. The van der Waals surface area contributed by atoms with Gasteiger partial charge in [-0.05, 0) is 49.2 Å². The first kappa shape index (κ1) is 15.2. The maximum atomic E-state index is 13.7. The normalized spacial score (nSPS) is 19.2. The molecule has 1 fully saturated rings. The fraction of sp³-hybridized carbons (Fsp3) is 0.400. The fourth-order valence-electron chi connectivity index (χ4n) is 2.81. The van der Waals surface area contributed by atoms with Crippen molar-refractivity contribution in [2.75, 3.05) is 19.6 Å². The lowest BCUT2D eigenvalue weighted by molar-refractivity contribution is 0.319. The largest absolute Gasteiger partial charge is 0.330 e. The van der Waals surface area contributed by atoms with Gasteiger partial charge in [0.05, 0.1) is 5.52 Å². The topological polar surface area (TPSA) is 42.1 Å². The lowest BCUT2D eigenvalue weighted by Crippen LogP contribution is -2.23. The van der Waals surface area contributed by atoms with Crippen molar-refractivity contribution >= 4 is 23.3 Å². The average molecular weight is 296 g/mol. The molecule has 2 N–H and O–H groups in total. The van der Waals surface area contributed by atoms with E-state index in [1.54, 1.807) is 18.3 Å². The molecular formula is C15H19ClFN3. The van der Waals surface area contributed by atoms with Gasteiger partial charge in [0.25, 0.3) is 0 Å². The first-order valence-electron chi connectivity index (χ1n) is 6.72. The Hall–Kier alpha value is -1.23. The van der Waals surface area contributed by atoms with E-state index < -0.39 is 0 Å². The van der Waals surface area contributed by atoms with Gasteiger partial charge in [-0.1, -0.05) is 6.07 Å². The van der Waals surface area contributed by atoms with Gasteiger partial charge >= 0.3 is 0 Å². The van der Waals surface area contributed by atoms with Gasteiger partial charge in [-0.15, -0.1) is 12.4 Å². The summed E-state index contributed by atoms with van der Waals surface area (Å²) in [7, 11) is 0. The van der Waals surface area contributed by atoms with E-state index in [1.165, 1.54) is 6.07 Å². The number of halogens is 2. The number of rotatable bonds is 3. The van der Waals surface area contributed by atoms with E-state index in [0.717, 1.165) is 43.7 Å². The highest BCUT2D eigenvalue weighted by Gasteiger charge is 2.21. The summed E-state index contributed by atoms with van der Waals surface area (Å²) in [6.45, 7) is 3.67. The summed E-state index contributed by atoms with van der Waals surface area (Å²) in [4.78, 5) is 6.71. The van der Waals surface area contributed by atoms with Crippen molar-refractivity contribution in [2.45, 2.75) is 13.0 Å². The zero-order valence-corrected chi connectivity index (χ0v) is 12.1. The molecule has 2 heterocycles. The van der Waals surface area contributed by atoms with Crippen molar-refractivity contribution in [1.82, 2.24) is 9.88 Å². The molecule has 0 spiro atoms. The first-order chi connectivity index (χ1) is 9.28. The number of pyridine rings is 1. The van der Waals surface area contributed by atoms with Crippen LogP contribution in [0.25, 0.3) is 10.9 Å². The molecule has 0 bridgehead atoms. The molecule has 1 aromatic heterocycles. The minimum atomic E-state index is -0.201. The van der Waals surface area contributed by atoms with Gasteiger partial charge in [0.2, 0.25) is 0 Å². The molecule has 1 aromatic carbocycles. The van der Waals surface area contributed by atoms with Crippen molar-refractivity contribution in [3.8, 4) is 0 Å². The number of nitrogens with two attached hydrogens (primary N) is 1. The van der Waals surface area contributed by atoms with Crippen LogP contribution < -0.4 is 5.73 Å². The second-order valence-electron chi connectivity index (χ2n) is 5.23. The SMILES string of the molecule is Cl.NCC1CCN(Cc2ccc(F)c3cccnc23)C1. The van der Waals surface area contributed by atoms with Crippen LogP contribution >= 0.6 is 12.4 Å². The summed E-state index contributed by atoms with van der Waals surface area (Å²) in [5.74, 6) is 0.396. The van der Waals surface area contributed by atoms with Crippen LogP contribution in [0, 0.1) is 11.7 Å². The lowest BCUT2D eigenvalue weighted by atomic mass is 10.1. The van der Waals surface area contributed by atoms with Crippen LogP contribution in [0.1, 0.15) is 12.0 Å². The van der Waals surface area contributed by atoms with Crippen LogP contribution in [-0.2, 0) is 6.54 Å². The molecule has 5 heteroatoms. The number of likely N-dealkylation sites (tertiary alicyclic amines) is 1. The van der Waals surface area contributed by atoms with Crippen LogP contribution in [0.5, 0.6) is 0 Å². The third-order valence-corrected chi connectivity index (χ3v) is 3.90. The van der Waals surface area contributed by atoms with Crippen LogP contribution in [0.3, 0.4) is 0 Å². The molecule has 1 atom stereocenters. The Morgan fingerprint density at radius 3 is 2.95 bits per heavy atom. The second kappa shape index (κ2) is 6.48. The van der Waals surface area contributed by atoms with E-state index in [2.05, 4.69) is 9.88 Å². The van der Waals surface area contributed by atoms with Crippen LogP contribution in [0.15, 0.2) is 30.5 Å². The molecule has 3 nitrogen and oxygen atoms in total. The Balaban J connectivity index is 0.00000147. The Labute approximate surface area is 124 Å². The number of nitrogens with zero attached hydrogens (tertiary/aromatic N) is 2. The summed E-state index contributed by atoms with van der Waals surface area (Å²) in [6.07, 6.45) is 2.88. The minimum Gasteiger partial charge on any atom is -0.330 e. The maximum Gasteiger partial charge on any atom is 0.132 e. The van der Waals surface area contributed by atoms with Crippen LogP contribution in [0.4, 0.5) is 4.39 Å². The number of fused-ring (bicyclic) bond motifs is 1. The van der Waals surface area contributed by atoms with E-state index in [4.69, 9.17) is 5.73 Å². The van der Waals surface area contributed by atoms with Crippen LogP contribution in [0.2, 0.25) is 0 Å². The van der Waals surface area contributed by atoms with E-state index in [1.807, 2.05) is 6.07 Å². The van der Waals surface area contributed by atoms with Gasteiger partial charge in [-0.3, -0.25) is 9.88 Å². The zero-order valence-electron chi connectivity index (χ0n) is 11.3. The van der Waals surface area contributed by atoms with Gasteiger partial charge < -0.3 is 5.73 Å². The molecule has 1 aliphatic rings. The predicted molar refractivity (Wildman–Crippen MR) is 81.4 cm³/mol. The molecule has 20 heavy (non-hydrogen) atoms. The predicted octanol–water partition coefficient (Wildman–Crippen LogP) is 2.58. The highest BCUT2D eigenvalue weighted by Crippen LogP contribution is 2.23. The van der Waals surface area contributed by atoms with Crippen molar-refractivity contribution < 1.29 is 4.39 Å². The Kier molecular flexibility index (Phi) is 4.91. The van der Waals surface area contributed by atoms with Crippen LogP contribution in [-0.4, -0.2) is 29.5 Å². The molecular weight excluding hydrogens is 277 g/mol. The third kappa shape index (κ3) is 2.92. The molecule has 1 unspecified atom stereocenters. The van der Waals surface area contributed by atoms with E-state index >= 15 is 0 Å². The van der Waals surface area contributed by atoms with Gasteiger partial charge in [0.15, 0.2) is 0 Å². The molecule has 0 radical (unpaired) electrons. The second-order valence-corrected chi connectivity index (χ2v) is 5.23. The van der Waals surface area contributed by atoms with Crippen molar-refractivity contribution in [2.24, 2.45) is 11.7 Å². The summed E-state index contributed by atoms with van der Waals surface area (Å²) in [6, 6.07) is 6.94. The Morgan fingerprint density at radius 1 is 1.35 bits per heavy atom. The van der Waals surface area contributed by atoms with Crippen molar-refractivity contribution in [1.29, 1.82) is 0 Å². The summed E-state index contributed by atoms with van der Waals surface area (Å²) < 4.78 is 13.7. The summed E-state index contributed by atoms with van der Waals surface area (Å²) >= 11 is 0. The quantitative estimate of drug-likeness (QED) is 0.946. The minimum absolute atomic E-state index is 0.